The molecule has 1 amide bonds. The van der Waals surface area contributed by atoms with E-state index in [0.717, 1.165) is 29.7 Å². The summed E-state index contributed by atoms with van der Waals surface area (Å²) in [5, 5.41) is 4.85. The number of amides is 1. The molecule has 2 aliphatic heterocycles. The van der Waals surface area contributed by atoms with E-state index in [4.69, 9.17) is 14.6 Å². The SMILES string of the molecule is Cc1ccc(-c2nn(Cc3ccccc3)cc2/C=C/C(=O)N2CCC3(CC2)OCCO3)cc1. The second kappa shape index (κ2) is 9.33. The number of piperidine rings is 1. The monoisotopic (exact) mass is 443 g/mol. The molecule has 1 aromatic heterocycles. The second-order valence-corrected chi connectivity index (χ2v) is 8.75. The van der Waals surface area contributed by atoms with E-state index < -0.39 is 5.79 Å². The Morgan fingerprint density at radius 3 is 2.42 bits per heavy atom. The predicted octanol–water partition coefficient (Wildman–Crippen LogP) is 4.29. The van der Waals surface area contributed by atoms with Crippen LogP contribution in [-0.2, 0) is 20.8 Å². The number of benzene rings is 2. The number of aryl methyl sites for hydroxylation is 1. The summed E-state index contributed by atoms with van der Waals surface area (Å²) >= 11 is 0. The Balaban J connectivity index is 1.35. The number of aromatic nitrogens is 2. The van der Waals surface area contributed by atoms with Crippen molar-refractivity contribution in [3.8, 4) is 11.3 Å². The first-order valence-corrected chi connectivity index (χ1v) is 11.5. The van der Waals surface area contributed by atoms with E-state index in [1.807, 2.05) is 40.1 Å². The lowest BCUT2D eigenvalue weighted by atomic mass is 10.0. The first kappa shape index (κ1) is 21.6. The predicted molar refractivity (Wildman–Crippen MR) is 127 cm³/mol. The van der Waals surface area contributed by atoms with Crippen LogP contribution in [0.2, 0.25) is 0 Å². The molecule has 33 heavy (non-hydrogen) atoms. The van der Waals surface area contributed by atoms with E-state index in [-0.39, 0.29) is 5.91 Å². The van der Waals surface area contributed by atoms with Crippen molar-refractivity contribution in [1.29, 1.82) is 0 Å². The summed E-state index contributed by atoms with van der Waals surface area (Å²) < 4.78 is 13.5. The standard InChI is InChI=1S/C27H29N3O3/c1-21-7-9-23(10-8-21)26-24(20-30(28-26)19-22-5-3-2-4-6-22)11-12-25(31)29-15-13-27(14-16-29)32-17-18-33-27/h2-12,20H,13-19H2,1H3/b12-11+. The van der Waals surface area contributed by atoms with Gasteiger partial charge in [0.05, 0.1) is 25.5 Å². The van der Waals surface area contributed by atoms with Crippen LogP contribution in [0.1, 0.15) is 29.5 Å². The number of hydrogen-bond donors (Lipinski definition) is 0. The van der Waals surface area contributed by atoms with Gasteiger partial charge >= 0.3 is 0 Å². The first-order valence-electron chi connectivity index (χ1n) is 11.5. The van der Waals surface area contributed by atoms with Crippen molar-refractivity contribution < 1.29 is 14.3 Å². The number of carbonyl (C=O) groups excluding carboxylic acids is 1. The van der Waals surface area contributed by atoms with E-state index >= 15 is 0 Å². The van der Waals surface area contributed by atoms with Crippen LogP contribution in [0.3, 0.4) is 0 Å². The van der Waals surface area contributed by atoms with Gasteiger partial charge in [0, 0.05) is 49.3 Å². The summed E-state index contributed by atoms with van der Waals surface area (Å²) in [6.45, 7) is 5.31. The quantitative estimate of drug-likeness (QED) is 0.552. The molecule has 6 nitrogen and oxygen atoms in total. The number of rotatable bonds is 5. The molecule has 2 saturated heterocycles. The highest BCUT2D eigenvalue weighted by molar-refractivity contribution is 5.93. The molecule has 0 saturated carbocycles. The molecule has 3 aromatic rings. The summed E-state index contributed by atoms with van der Waals surface area (Å²) in [6, 6.07) is 18.6. The van der Waals surface area contributed by atoms with Crippen molar-refractivity contribution in [3.63, 3.8) is 0 Å². The maximum atomic E-state index is 12.9. The second-order valence-electron chi connectivity index (χ2n) is 8.75. The minimum Gasteiger partial charge on any atom is -0.347 e. The molecule has 0 aliphatic carbocycles. The van der Waals surface area contributed by atoms with E-state index in [9.17, 15) is 4.79 Å². The summed E-state index contributed by atoms with van der Waals surface area (Å²) in [4.78, 5) is 14.8. The van der Waals surface area contributed by atoms with E-state index in [0.29, 0.717) is 32.8 Å². The maximum Gasteiger partial charge on any atom is 0.246 e. The molecule has 2 aromatic carbocycles. The molecular formula is C27H29N3O3. The number of carbonyl (C=O) groups is 1. The van der Waals surface area contributed by atoms with Crippen molar-refractivity contribution in [2.45, 2.75) is 32.1 Å². The van der Waals surface area contributed by atoms with Crippen molar-refractivity contribution in [1.82, 2.24) is 14.7 Å². The third-order valence-electron chi connectivity index (χ3n) is 6.36. The highest BCUT2D eigenvalue weighted by Crippen LogP contribution is 2.31. The smallest absolute Gasteiger partial charge is 0.246 e. The Morgan fingerprint density at radius 1 is 1.03 bits per heavy atom. The van der Waals surface area contributed by atoms with Gasteiger partial charge in [0.15, 0.2) is 5.79 Å². The van der Waals surface area contributed by atoms with Gasteiger partial charge in [-0.15, -0.1) is 0 Å². The van der Waals surface area contributed by atoms with E-state index in [1.54, 1.807) is 6.08 Å². The van der Waals surface area contributed by atoms with Gasteiger partial charge in [0.2, 0.25) is 5.91 Å². The van der Waals surface area contributed by atoms with E-state index in [1.165, 1.54) is 11.1 Å². The highest BCUT2D eigenvalue weighted by Gasteiger charge is 2.40. The van der Waals surface area contributed by atoms with Crippen molar-refractivity contribution >= 4 is 12.0 Å². The lowest BCUT2D eigenvalue weighted by Crippen LogP contribution is -2.46. The van der Waals surface area contributed by atoms with Crippen LogP contribution in [0.4, 0.5) is 0 Å². The average Bonchev–Trinajstić information content (AvgIpc) is 3.46. The minimum atomic E-state index is -0.475. The maximum absolute atomic E-state index is 12.9. The molecule has 5 rings (SSSR count). The highest BCUT2D eigenvalue weighted by atomic mass is 16.7. The van der Waals surface area contributed by atoms with Crippen LogP contribution in [0.25, 0.3) is 17.3 Å². The van der Waals surface area contributed by atoms with Crippen LogP contribution in [-0.4, -0.2) is 52.7 Å². The summed E-state index contributed by atoms with van der Waals surface area (Å²) in [6.07, 6.45) is 7.00. The summed E-state index contributed by atoms with van der Waals surface area (Å²) in [5.41, 5.74) is 5.22. The fourth-order valence-corrected chi connectivity index (χ4v) is 4.47. The Morgan fingerprint density at radius 2 is 1.73 bits per heavy atom. The third-order valence-corrected chi connectivity index (χ3v) is 6.36. The molecule has 0 N–H and O–H groups in total. The van der Waals surface area contributed by atoms with Gasteiger partial charge in [0.25, 0.3) is 0 Å². The van der Waals surface area contributed by atoms with Gasteiger partial charge in [-0.2, -0.15) is 5.10 Å². The Hall–Kier alpha value is -3.22. The van der Waals surface area contributed by atoms with Crippen LogP contribution in [0.5, 0.6) is 0 Å². The lowest BCUT2D eigenvalue weighted by molar-refractivity contribution is -0.186. The number of nitrogens with zero attached hydrogens (tertiary/aromatic N) is 3. The van der Waals surface area contributed by atoms with Crippen LogP contribution in [0.15, 0.2) is 66.9 Å². The Labute approximate surface area is 194 Å². The zero-order valence-corrected chi connectivity index (χ0v) is 18.9. The van der Waals surface area contributed by atoms with Crippen molar-refractivity contribution in [2.24, 2.45) is 0 Å². The number of hydrogen-bond acceptors (Lipinski definition) is 4. The Bertz CT molecular complexity index is 1120. The first-order chi connectivity index (χ1) is 16.1. The molecule has 3 heterocycles. The molecule has 0 radical (unpaired) electrons. The summed E-state index contributed by atoms with van der Waals surface area (Å²) in [5.74, 6) is -0.467. The molecule has 2 aliphatic rings. The minimum absolute atomic E-state index is 0.00788. The van der Waals surface area contributed by atoms with Crippen molar-refractivity contribution in [2.75, 3.05) is 26.3 Å². The normalized spacial score (nSPS) is 17.8. The lowest BCUT2D eigenvalue weighted by Gasteiger charge is -2.37. The van der Waals surface area contributed by atoms with Gasteiger partial charge in [-0.25, -0.2) is 0 Å². The Kier molecular flexibility index (Phi) is 6.11. The van der Waals surface area contributed by atoms with Crippen LogP contribution < -0.4 is 0 Å². The van der Waals surface area contributed by atoms with Crippen LogP contribution in [0, 0.1) is 6.92 Å². The largest absolute Gasteiger partial charge is 0.347 e. The van der Waals surface area contributed by atoms with Gasteiger partial charge in [0.1, 0.15) is 0 Å². The fraction of sp³-hybridized carbons (Fsp3) is 0.333. The molecule has 2 fully saturated rings. The molecular weight excluding hydrogens is 414 g/mol. The zero-order chi connectivity index (χ0) is 22.7. The third kappa shape index (κ3) is 4.92. The van der Waals surface area contributed by atoms with Gasteiger partial charge < -0.3 is 14.4 Å². The molecule has 1 spiro atoms. The molecule has 0 bridgehead atoms. The number of likely N-dealkylation sites (tertiary alicyclic amines) is 1. The molecule has 6 heteroatoms. The molecule has 0 unspecified atom stereocenters. The number of ether oxygens (including phenoxy) is 2. The van der Waals surface area contributed by atoms with Gasteiger partial charge in [-0.05, 0) is 18.6 Å². The summed E-state index contributed by atoms with van der Waals surface area (Å²) in [7, 11) is 0. The molecule has 170 valence electrons. The average molecular weight is 444 g/mol. The van der Waals surface area contributed by atoms with Gasteiger partial charge in [-0.1, -0.05) is 60.2 Å². The van der Waals surface area contributed by atoms with Gasteiger partial charge in [-0.3, -0.25) is 9.48 Å². The van der Waals surface area contributed by atoms with E-state index in [2.05, 4.69) is 43.3 Å². The van der Waals surface area contributed by atoms with Crippen molar-refractivity contribution in [3.05, 3.63) is 83.6 Å². The molecule has 0 atom stereocenters. The van der Waals surface area contributed by atoms with Crippen LogP contribution >= 0.6 is 0 Å². The topological polar surface area (TPSA) is 56.6 Å². The fourth-order valence-electron chi connectivity index (χ4n) is 4.47. The zero-order valence-electron chi connectivity index (χ0n) is 18.9.